The van der Waals surface area contributed by atoms with Crippen molar-refractivity contribution in [3.63, 3.8) is 0 Å². The van der Waals surface area contributed by atoms with Crippen molar-refractivity contribution in [1.29, 1.82) is 0 Å². The van der Waals surface area contributed by atoms with Crippen LogP contribution in [0.1, 0.15) is 5.56 Å². The Morgan fingerprint density at radius 2 is 1.27 bits per heavy atom. The standard InChI is InChI=1S/C19H16O2S/c1-15-6-5-9-19(14-15)22(20,21)18-12-10-17(11-13-18)16-7-3-2-4-8-16/h2-14H,1H3. The van der Waals surface area contributed by atoms with Crippen LogP contribution in [-0.4, -0.2) is 8.42 Å². The Bertz CT molecular complexity index is 880. The zero-order chi connectivity index (χ0) is 15.6. The molecule has 3 rings (SSSR count). The average Bonchev–Trinajstić information content (AvgIpc) is 2.56. The summed E-state index contributed by atoms with van der Waals surface area (Å²) in [6, 6.07) is 23.9. The van der Waals surface area contributed by atoms with Gasteiger partial charge in [-0.1, -0.05) is 54.6 Å². The van der Waals surface area contributed by atoms with Crippen molar-refractivity contribution in [3.8, 4) is 11.1 Å². The maximum Gasteiger partial charge on any atom is 0.206 e. The van der Waals surface area contributed by atoms with E-state index in [9.17, 15) is 8.42 Å². The van der Waals surface area contributed by atoms with Gasteiger partial charge < -0.3 is 0 Å². The fourth-order valence-electron chi connectivity index (χ4n) is 2.38. The molecule has 0 atom stereocenters. The minimum Gasteiger partial charge on any atom is -0.219 e. The van der Waals surface area contributed by atoms with Gasteiger partial charge in [-0.3, -0.25) is 0 Å². The summed E-state index contributed by atoms with van der Waals surface area (Å²) in [6.45, 7) is 1.89. The molecule has 3 heteroatoms. The second-order valence-corrected chi connectivity index (χ2v) is 7.16. The fraction of sp³-hybridized carbons (Fsp3) is 0.0526. The summed E-state index contributed by atoms with van der Waals surface area (Å²) in [7, 11) is -3.46. The van der Waals surface area contributed by atoms with E-state index in [0.29, 0.717) is 9.79 Å². The average molecular weight is 308 g/mol. The number of hydrogen-bond donors (Lipinski definition) is 0. The van der Waals surface area contributed by atoms with Gasteiger partial charge in [-0.2, -0.15) is 0 Å². The molecule has 3 aromatic carbocycles. The van der Waals surface area contributed by atoms with Crippen LogP contribution in [-0.2, 0) is 9.84 Å². The maximum absolute atomic E-state index is 12.6. The summed E-state index contributed by atoms with van der Waals surface area (Å²) >= 11 is 0. The van der Waals surface area contributed by atoms with Crippen LogP contribution in [0.25, 0.3) is 11.1 Å². The van der Waals surface area contributed by atoms with Crippen LogP contribution in [0.4, 0.5) is 0 Å². The minimum absolute atomic E-state index is 0.317. The van der Waals surface area contributed by atoms with E-state index in [4.69, 9.17) is 0 Å². The fourth-order valence-corrected chi connectivity index (χ4v) is 3.74. The molecule has 0 amide bonds. The van der Waals surface area contributed by atoms with Gasteiger partial charge in [-0.25, -0.2) is 8.42 Å². The van der Waals surface area contributed by atoms with Crippen molar-refractivity contribution in [3.05, 3.63) is 84.4 Å². The molecule has 0 aliphatic rings. The first-order valence-electron chi connectivity index (χ1n) is 7.04. The largest absolute Gasteiger partial charge is 0.219 e. The molecule has 0 fully saturated rings. The Kier molecular flexibility index (Phi) is 3.82. The molecule has 22 heavy (non-hydrogen) atoms. The molecule has 0 heterocycles. The third-order valence-electron chi connectivity index (χ3n) is 3.57. The van der Waals surface area contributed by atoms with Gasteiger partial charge in [0.2, 0.25) is 9.84 Å². The zero-order valence-electron chi connectivity index (χ0n) is 12.2. The van der Waals surface area contributed by atoms with Gasteiger partial charge in [0.05, 0.1) is 9.79 Å². The quantitative estimate of drug-likeness (QED) is 0.714. The van der Waals surface area contributed by atoms with E-state index in [0.717, 1.165) is 16.7 Å². The Labute approximate surface area is 131 Å². The Hall–Kier alpha value is -2.39. The van der Waals surface area contributed by atoms with Crippen LogP contribution in [0.2, 0.25) is 0 Å². The lowest BCUT2D eigenvalue weighted by molar-refractivity contribution is 0.596. The molecule has 0 N–H and O–H groups in total. The number of sulfone groups is 1. The van der Waals surface area contributed by atoms with Crippen LogP contribution in [0.3, 0.4) is 0 Å². The summed E-state index contributed by atoms with van der Waals surface area (Å²) in [6.07, 6.45) is 0. The number of hydrogen-bond acceptors (Lipinski definition) is 2. The highest BCUT2D eigenvalue weighted by Gasteiger charge is 2.17. The summed E-state index contributed by atoms with van der Waals surface area (Å²) in [5.74, 6) is 0. The predicted molar refractivity (Wildman–Crippen MR) is 88.5 cm³/mol. The lowest BCUT2D eigenvalue weighted by Gasteiger charge is -2.07. The molecule has 3 aromatic rings. The highest BCUT2D eigenvalue weighted by molar-refractivity contribution is 7.91. The van der Waals surface area contributed by atoms with E-state index in [-0.39, 0.29) is 0 Å². The normalized spacial score (nSPS) is 11.3. The van der Waals surface area contributed by atoms with Crippen LogP contribution in [0.5, 0.6) is 0 Å². The smallest absolute Gasteiger partial charge is 0.206 e. The molecule has 2 nitrogen and oxygen atoms in total. The molecule has 0 saturated heterocycles. The van der Waals surface area contributed by atoms with Crippen LogP contribution in [0.15, 0.2) is 88.7 Å². The molecular formula is C19H16O2S. The van der Waals surface area contributed by atoms with Gasteiger partial charge >= 0.3 is 0 Å². The second kappa shape index (κ2) is 5.78. The van der Waals surface area contributed by atoms with E-state index in [1.165, 1.54) is 0 Å². The lowest BCUT2D eigenvalue weighted by Crippen LogP contribution is -2.02. The second-order valence-electron chi connectivity index (χ2n) is 5.21. The van der Waals surface area contributed by atoms with Gasteiger partial charge in [0.25, 0.3) is 0 Å². The SMILES string of the molecule is Cc1cccc(S(=O)(=O)c2ccc(-c3ccccc3)cc2)c1. The predicted octanol–water partition coefficient (Wildman–Crippen LogP) is 4.49. The number of benzene rings is 3. The number of aryl methyl sites for hydroxylation is 1. The summed E-state index contributed by atoms with van der Waals surface area (Å²) in [4.78, 5) is 0.651. The molecule has 0 radical (unpaired) electrons. The van der Waals surface area contributed by atoms with Crippen molar-refractivity contribution in [2.24, 2.45) is 0 Å². The first kappa shape index (κ1) is 14.5. The first-order chi connectivity index (χ1) is 10.6. The minimum atomic E-state index is -3.46. The van der Waals surface area contributed by atoms with E-state index in [2.05, 4.69) is 0 Å². The van der Waals surface area contributed by atoms with Crippen LogP contribution >= 0.6 is 0 Å². The van der Waals surface area contributed by atoms with E-state index < -0.39 is 9.84 Å². The number of rotatable bonds is 3. The molecule has 0 aliphatic carbocycles. The van der Waals surface area contributed by atoms with Crippen molar-refractivity contribution >= 4 is 9.84 Å². The first-order valence-corrected chi connectivity index (χ1v) is 8.53. The Morgan fingerprint density at radius 1 is 0.636 bits per heavy atom. The van der Waals surface area contributed by atoms with Crippen molar-refractivity contribution < 1.29 is 8.42 Å². The van der Waals surface area contributed by atoms with Gasteiger partial charge in [0, 0.05) is 0 Å². The highest BCUT2D eigenvalue weighted by atomic mass is 32.2. The summed E-state index contributed by atoms with van der Waals surface area (Å²) in [5.41, 5.74) is 3.01. The third kappa shape index (κ3) is 2.81. The molecule has 0 bridgehead atoms. The highest BCUT2D eigenvalue weighted by Crippen LogP contribution is 2.25. The van der Waals surface area contributed by atoms with Crippen molar-refractivity contribution in [2.75, 3.05) is 0 Å². The molecule has 0 unspecified atom stereocenters. The maximum atomic E-state index is 12.6. The molecule has 0 aromatic heterocycles. The van der Waals surface area contributed by atoms with Crippen molar-refractivity contribution in [2.45, 2.75) is 16.7 Å². The molecule has 110 valence electrons. The van der Waals surface area contributed by atoms with Gasteiger partial charge in [-0.15, -0.1) is 0 Å². The van der Waals surface area contributed by atoms with E-state index in [1.54, 1.807) is 30.3 Å². The molecule has 0 spiro atoms. The lowest BCUT2D eigenvalue weighted by atomic mass is 10.1. The van der Waals surface area contributed by atoms with Crippen LogP contribution < -0.4 is 0 Å². The van der Waals surface area contributed by atoms with Gasteiger partial charge in [0.15, 0.2) is 0 Å². The summed E-state index contributed by atoms with van der Waals surface area (Å²) in [5, 5.41) is 0. The van der Waals surface area contributed by atoms with E-state index >= 15 is 0 Å². The molecular weight excluding hydrogens is 292 g/mol. The van der Waals surface area contributed by atoms with Gasteiger partial charge in [0.1, 0.15) is 0 Å². The Morgan fingerprint density at radius 3 is 1.91 bits per heavy atom. The zero-order valence-corrected chi connectivity index (χ0v) is 13.0. The van der Waals surface area contributed by atoms with Crippen LogP contribution in [0, 0.1) is 6.92 Å². The Balaban J connectivity index is 1.99. The van der Waals surface area contributed by atoms with Crippen molar-refractivity contribution in [1.82, 2.24) is 0 Å². The van der Waals surface area contributed by atoms with Gasteiger partial charge in [-0.05, 0) is 47.9 Å². The summed E-state index contributed by atoms with van der Waals surface area (Å²) < 4.78 is 25.3. The molecule has 0 aliphatic heterocycles. The topological polar surface area (TPSA) is 34.1 Å². The molecule has 0 saturated carbocycles. The monoisotopic (exact) mass is 308 g/mol. The van der Waals surface area contributed by atoms with E-state index in [1.807, 2.05) is 55.5 Å². The third-order valence-corrected chi connectivity index (χ3v) is 5.34.